The van der Waals surface area contributed by atoms with Crippen molar-refractivity contribution in [3.8, 4) is 0 Å². The molecule has 1 heteroatoms. The number of rotatable bonds is 5. The zero-order valence-electron chi connectivity index (χ0n) is 7.56. The Morgan fingerprint density at radius 2 is 2.00 bits per heavy atom. The van der Waals surface area contributed by atoms with Crippen molar-refractivity contribution in [2.45, 2.75) is 27.2 Å². The van der Waals surface area contributed by atoms with Crippen molar-refractivity contribution in [3.63, 3.8) is 0 Å². The summed E-state index contributed by atoms with van der Waals surface area (Å²) in [4.78, 5) is 2.44. The van der Waals surface area contributed by atoms with E-state index in [4.69, 9.17) is 0 Å². The van der Waals surface area contributed by atoms with Crippen molar-refractivity contribution in [3.05, 3.63) is 6.92 Å². The van der Waals surface area contributed by atoms with Crippen LogP contribution in [-0.2, 0) is 0 Å². The molecule has 0 spiro atoms. The van der Waals surface area contributed by atoms with Crippen molar-refractivity contribution in [1.82, 2.24) is 4.90 Å². The minimum Gasteiger partial charge on any atom is -0.303 e. The van der Waals surface area contributed by atoms with E-state index in [1.807, 2.05) is 0 Å². The molecule has 0 saturated heterocycles. The molecule has 1 radical (unpaired) electrons. The first kappa shape index (κ1) is 9.96. The van der Waals surface area contributed by atoms with Gasteiger partial charge in [-0.05, 0) is 25.4 Å². The maximum Gasteiger partial charge on any atom is 0.000427 e. The summed E-state index contributed by atoms with van der Waals surface area (Å²) in [6, 6.07) is 0. The summed E-state index contributed by atoms with van der Waals surface area (Å²) < 4.78 is 0. The smallest absolute Gasteiger partial charge is 0.000427 e. The summed E-state index contributed by atoms with van der Waals surface area (Å²) in [7, 11) is 0. The van der Waals surface area contributed by atoms with Gasteiger partial charge in [0.05, 0.1) is 0 Å². The van der Waals surface area contributed by atoms with Gasteiger partial charge in [-0.3, -0.25) is 0 Å². The fourth-order valence-electron chi connectivity index (χ4n) is 1.12. The van der Waals surface area contributed by atoms with Gasteiger partial charge in [-0.15, -0.1) is 0 Å². The van der Waals surface area contributed by atoms with E-state index in [0.717, 1.165) is 25.4 Å². The van der Waals surface area contributed by atoms with E-state index in [1.54, 1.807) is 0 Å². The van der Waals surface area contributed by atoms with Gasteiger partial charge in [0, 0.05) is 6.54 Å². The first-order valence-corrected chi connectivity index (χ1v) is 4.22. The van der Waals surface area contributed by atoms with E-state index in [1.165, 1.54) is 6.54 Å². The van der Waals surface area contributed by atoms with Crippen molar-refractivity contribution in [1.29, 1.82) is 0 Å². The van der Waals surface area contributed by atoms with E-state index in [9.17, 15) is 0 Å². The molecule has 0 saturated carbocycles. The van der Waals surface area contributed by atoms with Crippen molar-refractivity contribution < 1.29 is 0 Å². The molecule has 0 aromatic carbocycles. The van der Waals surface area contributed by atoms with Crippen LogP contribution in [0.1, 0.15) is 27.2 Å². The highest BCUT2D eigenvalue weighted by atomic mass is 15.1. The Kier molecular flexibility index (Phi) is 5.70. The summed E-state index contributed by atoms with van der Waals surface area (Å²) >= 11 is 0. The van der Waals surface area contributed by atoms with Crippen LogP contribution >= 0.6 is 0 Å². The molecule has 0 aromatic heterocycles. The van der Waals surface area contributed by atoms with Gasteiger partial charge < -0.3 is 4.90 Å². The van der Waals surface area contributed by atoms with Crippen LogP contribution < -0.4 is 0 Å². The number of hydrogen-bond donors (Lipinski definition) is 0. The van der Waals surface area contributed by atoms with Gasteiger partial charge in [0.15, 0.2) is 0 Å². The lowest BCUT2D eigenvalue weighted by Crippen LogP contribution is -2.28. The Labute approximate surface area is 65.4 Å². The lowest BCUT2D eigenvalue weighted by molar-refractivity contribution is 0.260. The molecule has 1 nitrogen and oxygen atoms in total. The normalized spacial score (nSPS) is 11.4. The molecule has 10 heavy (non-hydrogen) atoms. The van der Waals surface area contributed by atoms with Crippen LogP contribution in [0.3, 0.4) is 0 Å². The number of hydrogen-bond acceptors (Lipinski definition) is 1. The van der Waals surface area contributed by atoms with Crippen LogP contribution in [0.2, 0.25) is 0 Å². The summed E-state index contributed by atoms with van der Waals surface area (Å²) in [6.07, 6.45) is 1.03. The van der Waals surface area contributed by atoms with Crippen molar-refractivity contribution >= 4 is 0 Å². The van der Waals surface area contributed by atoms with E-state index in [-0.39, 0.29) is 0 Å². The Balaban J connectivity index is 3.39. The van der Waals surface area contributed by atoms with E-state index in [2.05, 4.69) is 32.6 Å². The first-order valence-electron chi connectivity index (χ1n) is 4.22. The second kappa shape index (κ2) is 5.72. The topological polar surface area (TPSA) is 3.24 Å². The quantitative estimate of drug-likeness (QED) is 0.568. The fraction of sp³-hybridized carbons (Fsp3) is 0.889. The Morgan fingerprint density at radius 3 is 2.30 bits per heavy atom. The third kappa shape index (κ3) is 4.80. The van der Waals surface area contributed by atoms with Crippen LogP contribution in [0.15, 0.2) is 0 Å². The molecule has 0 aliphatic heterocycles. The van der Waals surface area contributed by atoms with Gasteiger partial charge in [-0.1, -0.05) is 27.7 Å². The maximum absolute atomic E-state index is 3.84. The third-order valence-corrected chi connectivity index (χ3v) is 1.54. The highest BCUT2D eigenvalue weighted by Crippen LogP contribution is 1.98. The monoisotopic (exact) mass is 142 g/mol. The van der Waals surface area contributed by atoms with Gasteiger partial charge in [0.2, 0.25) is 0 Å². The van der Waals surface area contributed by atoms with Gasteiger partial charge in [0.1, 0.15) is 0 Å². The molecule has 0 bridgehead atoms. The predicted molar refractivity (Wildman–Crippen MR) is 46.9 cm³/mol. The fourth-order valence-corrected chi connectivity index (χ4v) is 1.12. The molecule has 0 N–H and O–H groups in total. The highest BCUT2D eigenvalue weighted by molar-refractivity contribution is 4.58. The lowest BCUT2D eigenvalue weighted by Gasteiger charge is -2.21. The van der Waals surface area contributed by atoms with Gasteiger partial charge in [-0.25, -0.2) is 0 Å². The Hall–Kier alpha value is -0.0400. The lowest BCUT2D eigenvalue weighted by atomic mass is 10.2. The van der Waals surface area contributed by atoms with Gasteiger partial charge in [-0.2, -0.15) is 0 Å². The van der Waals surface area contributed by atoms with Crippen molar-refractivity contribution in [2.75, 3.05) is 19.6 Å². The predicted octanol–water partition coefficient (Wildman–Crippen LogP) is 2.19. The minimum atomic E-state index is 0.784. The third-order valence-electron chi connectivity index (χ3n) is 1.54. The first-order chi connectivity index (χ1) is 4.70. The maximum atomic E-state index is 3.84. The largest absolute Gasteiger partial charge is 0.303 e. The zero-order valence-corrected chi connectivity index (χ0v) is 7.56. The second-order valence-electron chi connectivity index (χ2n) is 3.14. The van der Waals surface area contributed by atoms with E-state index in [0.29, 0.717) is 0 Å². The van der Waals surface area contributed by atoms with Crippen LogP contribution in [0.4, 0.5) is 0 Å². The molecule has 0 fully saturated rings. The minimum absolute atomic E-state index is 0.784. The average molecular weight is 142 g/mol. The Morgan fingerprint density at radius 1 is 1.40 bits per heavy atom. The molecule has 0 rings (SSSR count). The van der Waals surface area contributed by atoms with Crippen molar-refractivity contribution in [2.24, 2.45) is 5.92 Å². The molecule has 0 aliphatic rings. The SMILES string of the molecule is [CH2]CCN(CC)CC(C)C. The molecule has 0 aliphatic carbocycles. The van der Waals surface area contributed by atoms with Gasteiger partial charge in [0.25, 0.3) is 0 Å². The molecule has 0 amide bonds. The standard InChI is InChI=1S/C9H20N/c1-5-7-10(6-2)8-9(3)4/h9H,1,5-8H2,2-4H3. The summed E-state index contributed by atoms with van der Waals surface area (Å²) in [6.45, 7) is 14.1. The number of nitrogens with zero attached hydrogens (tertiary/aromatic N) is 1. The molecular weight excluding hydrogens is 122 g/mol. The Bertz CT molecular complexity index is 69.1. The molecule has 0 aromatic rings. The van der Waals surface area contributed by atoms with E-state index < -0.39 is 0 Å². The molecule has 0 unspecified atom stereocenters. The summed E-state index contributed by atoms with van der Waals surface area (Å²) in [5, 5.41) is 0. The van der Waals surface area contributed by atoms with Gasteiger partial charge >= 0.3 is 0 Å². The zero-order chi connectivity index (χ0) is 7.98. The van der Waals surface area contributed by atoms with Crippen LogP contribution in [0, 0.1) is 12.8 Å². The highest BCUT2D eigenvalue weighted by Gasteiger charge is 2.01. The molecule has 0 heterocycles. The molecule has 61 valence electrons. The van der Waals surface area contributed by atoms with Crippen LogP contribution in [0.25, 0.3) is 0 Å². The van der Waals surface area contributed by atoms with Crippen LogP contribution in [-0.4, -0.2) is 24.5 Å². The molecular formula is C9H20N. The van der Waals surface area contributed by atoms with Crippen LogP contribution in [0.5, 0.6) is 0 Å². The second-order valence-corrected chi connectivity index (χ2v) is 3.14. The summed E-state index contributed by atoms with van der Waals surface area (Å²) in [5.74, 6) is 0.784. The summed E-state index contributed by atoms with van der Waals surface area (Å²) in [5.41, 5.74) is 0. The average Bonchev–Trinajstić information content (AvgIpc) is 1.86. The van der Waals surface area contributed by atoms with E-state index >= 15 is 0 Å². The molecule has 0 atom stereocenters.